The summed E-state index contributed by atoms with van der Waals surface area (Å²) in [6, 6.07) is 3.19. The maximum atomic E-state index is 11.7. The van der Waals surface area contributed by atoms with Crippen LogP contribution in [0.25, 0.3) is 0 Å². The van der Waals surface area contributed by atoms with Gasteiger partial charge in [0.05, 0.1) is 14.2 Å². The second-order valence-corrected chi connectivity index (χ2v) is 3.26. The van der Waals surface area contributed by atoms with Crippen molar-refractivity contribution in [2.24, 2.45) is 5.73 Å². The third kappa shape index (κ3) is 2.43. The van der Waals surface area contributed by atoms with Crippen molar-refractivity contribution in [1.82, 2.24) is 0 Å². The number of nitrogen functional groups attached to an aromatic ring is 1. The normalized spacial score (nSPS) is 9.94. The Morgan fingerprint density at radius 3 is 2.12 bits per heavy atom. The highest BCUT2D eigenvalue weighted by molar-refractivity contribution is 5.98. The number of rotatable bonds is 5. The molecular weight excluding hydrogens is 208 g/mol. The summed E-state index contributed by atoms with van der Waals surface area (Å²) in [5.74, 6) is 0.804. The number of methoxy groups -OCH3 is 2. The molecule has 0 aliphatic rings. The van der Waals surface area contributed by atoms with E-state index in [1.54, 1.807) is 12.1 Å². The van der Waals surface area contributed by atoms with Crippen molar-refractivity contribution in [3.8, 4) is 11.5 Å². The first-order chi connectivity index (χ1) is 7.63. The number of carbonyl (C=O) groups excluding carboxylic acids is 1. The lowest BCUT2D eigenvalue weighted by Gasteiger charge is -2.11. The van der Waals surface area contributed by atoms with Crippen LogP contribution in [0.1, 0.15) is 16.8 Å². The Hall–Kier alpha value is -1.75. The zero-order valence-corrected chi connectivity index (χ0v) is 9.45. The summed E-state index contributed by atoms with van der Waals surface area (Å²) in [5, 5.41) is 0. The van der Waals surface area contributed by atoms with Gasteiger partial charge in [0.1, 0.15) is 17.2 Å². The van der Waals surface area contributed by atoms with E-state index in [1.807, 2.05) is 0 Å². The van der Waals surface area contributed by atoms with E-state index in [0.717, 1.165) is 0 Å². The molecule has 0 aliphatic carbocycles. The summed E-state index contributed by atoms with van der Waals surface area (Å²) in [6.45, 7) is 0.313. The Labute approximate surface area is 94.3 Å². The molecule has 1 aromatic rings. The molecule has 0 aromatic heterocycles. The fraction of sp³-hybridized carbons (Fsp3) is 0.364. The molecule has 1 rings (SSSR count). The molecule has 0 atom stereocenters. The Morgan fingerprint density at radius 1 is 1.25 bits per heavy atom. The Morgan fingerprint density at radius 2 is 1.75 bits per heavy atom. The maximum Gasteiger partial charge on any atom is 0.164 e. The number of hydrogen-bond acceptors (Lipinski definition) is 5. The summed E-state index contributed by atoms with van der Waals surface area (Å²) < 4.78 is 10.1. The molecule has 0 aliphatic heterocycles. The van der Waals surface area contributed by atoms with E-state index in [1.165, 1.54) is 14.2 Å². The van der Waals surface area contributed by atoms with Crippen molar-refractivity contribution in [1.29, 1.82) is 0 Å². The zero-order chi connectivity index (χ0) is 12.1. The molecule has 0 radical (unpaired) electrons. The number of carbonyl (C=O) groups is 1. The molecule has 0 fully saturated rings. The summed E-state index contributed by atoms with van der Waals surface area (Å²) in [4.78, 5) is 11.7. The largest absolute Gasteiger partial charge is 0.494 e. The van der Waals surface area contributed by atoms with E-state index < -0.39 is 0 Å². The van der Waals surface area contributed by atoms with E-state index in [0.29, 0.717) is 29.3 Å². The number of anilines is 1. The Bertz CT molecular complexity index is 366. The van der Waals surface area contributed by atoms with Crippen LogP contribution in [0.4, 0.5) is 5.69 Å². The van der Waals surface area contributed by atoms with E-state index in [-0.39, 0.29) is 12.2 Å². The van der Waals surface area contributed by atoms with E-state index in [4.69, 9.17) is 20.9 Å². The second-order valence-electron chi connectivity index (χ2n) is 3.26. The molecule has 0 amide bonds. The molecule has 0 heterocycles. The van der Waals surface area contributed by atoms with Crippen molar-refractivity contribution in [2.75, 3.05) is 26.5 Å². The lowest BCUT2D eigenvalue weighted by molar-refractivity contribution is 0.0985. The van der Waals surface area contributed by atoms with Gasteiger partial charge < -0.3 is 20.9 Å². The van der Waals surface area contributed by atoms with Crippen LogP contribution in [0.2, 0.25) is 0 Å². The number of nitrogens with two attached hydrogens (primary N) is 2. The highest BCUT2D eigenvalue weighted by Crippen LogP contribution is 2.33. The Kier molecular flexibility index (Phi) is 4.13. The molecule has 0 saturated heterocycles. The predicted octanol–water partition coefficient (Wildman–Crippen LogP) is 0.818. The van der Waals surface area contributed by atoms with Gasteiger partial charge in [-0.05, 0) is 18.7 Å². The molecule has 16 heavy (non-hydrogen) atoms. The number of hydrogen-bond donors (Lipinski definition) is 2. The van der Waals surface area contributed by atoms with Gasteiger partial charge in [-0.15, -0.1) is 0 Å². The lowest BCUT2D eigenvalue weighted by atomic mass is 10.1. The first-order valence-corrected chi connectivity index (χ1v) is 4.88. The average molecular weight is 224 g/mol. The Balaban J connectivity index is 3.16. The monoisotopic (exact) mass is 224 g/mol. The van der Waals surface area contributed by atoms with Crippen LogP contribution in [0.3, 0.4) is 0 Å². The number of Topliss-reactive ketones (excluding diaryl/α,β-unsaturated/α-hetero) is 1. The van der Waals surface area contributed by atoms with E-state index >= 15 is 0 Å². The SMILES string of the molecule is COc1cc(C(=O)CCN)cc(OC)c1N. The van der Waals surface area contributed by atoms with E-state index in [9.17, 15) is 4.79 Å². The fourth-order valence-electron chi connectivity index (χ4n) is 1.38. The third-order valence-corrected chi connectivity index (χ3v) is 2.24. The molecular formula is C11H16N2O3. The molecule has 1 aromatic carbocycles. The summed E-state index contributed by atoms with van der Waals surface area (Å²) >= 11 is 0. The molecule has 0 saturated carbocycles. The van der Waals surface area contributed by atoms with Gasteiger partial charge in [0.15, 0.2) is 5.78 Å². The van der Waals surface area contributed by atoms with Crippen LogP contribution in [0, 0.1) is 0 Å². The smallest absolute Gasteiger partial charge is 0.164 e. The van der Waals surface area contributed by atoms with Crippen LogP contribution < -0.4 is 20.9 Å². The summed E-state index contributed by atoms with van der Waals surface area (Å²) in [6.07, 6.45) is 0.288. The quantitative estimate of drug-likeness (QED) is 0.571. The van der Waals surface area contributed by atoms with Crippen molar-refractivity contribution in [3.63, 3.8) is 0 Å². The fourth-order valence-corrected chi connectivity index (χ4v) is 1.38. The van der Waals surface area contributed by atoms with Gasteiger partial charge >= 0.3 is 0 Å². The molecule has 4 N–H and O–H groups in total. The number of ether oxygens (including phenoxy) is 2. The lowest BCUT2D eigenvalue weighted by Crippen LogP contribution is -2.09. The first kappa shape index (κ1) is 12.3. The van der Waals surface area contributed by atoms with Crippen LogP contribution in [-0.2, 0) is 0 Å². The zero-order valence-electron chi connectivity index (χ0n) is 9.45. The highest BCUT2D eigenvalue weighted by atomic mass is 16.5. The standard InChI is InChI=1S/C11H16N2O3/c1-15-9-5-7(8(14)3-4-12)6-10(16-2)11(9)13/h5-6H,3-4,12-13H2,1-2H3. The number of benzene rings is 1. The molecule has 0 unspecified atom stereocenters. The van der Waals surface area contributed by atoms with Gasteiger partial charge in [-0.1, -0.05) is 0 Å². The molecule has 0 bridgehead atoms. The van der Waals surface area contributed by atoms with Crippen molar-refractivity contribution < 1.29 is 14.3 Å². The summed E-state index contributed by atoms with van der Waals surface area (Å²) in [5.41, 5.74) is 12.0. The third-order valence-electron chi connectivity index (χ3n) is 2.24. The summed E-state index contributed by atoms with van der Waals surface area (Å²) in [7, 11) is 2.98. The van der Waals surface area contributed by atoms with Gasteiger partial charge in [0, 0.05) is 12.0 Å². The minimum Gasteiger partial charge on any atom is -0.494 e. The van der Waals surface area contributed by atoms with Crippen molar-refractivity contribution in [2.45, 2.75) is 6.42 Å². The molecule has 5 heteroatoms. The van der Waals surface area contributed by atoms with Gasteiger partial charge in [0.25, 0.3) is 0 Å². The van der Waals surface area contributed by atoms with Crippen LogP contribution in [0.5, 0.6) is 11.5 Å². The molecule has 88 valence electrons. The second kappa shape index (κ2) is 5.37. The molecule has 0 spiro atoms. The van der Waals surface area contributed by atoms with Crippen LogP contribution >= 0.6 is 0 Å². The van der Waals surface area contributed by atoms with E-state index in [2.05, 4.69) is 0 Å². The van der Waals surface area contributed by atoms with Gasteiger partial charge in [-0.3, -0.25) is 4.79 Å². The first-order valence-electron chi connectivity index (χ1n) is 4.88. The topological polar surface area (TPSA) is 87.6 Å². The maximum absolute atomic E-state index is 11.7. The van der Waals surface area contributed by atoms with Gasteiger partial charge in [-0.2, -0.15) is 0 Å². The number of ketones is 1. The van der Waals surface area contributed by atoms with Crippen LogP contribution in [-0.4, -0.2) is 26.5 Å². The average Bonchev–Trinajstić information content (AvgIpc) is 2.29. The van der Waals surface area contributed by atoms with Crippen molar-refractivity contribution >= 4 is 11.5 Å². The van der Waals surface area contributed by atoms with Gasteiger partial charge in [0.2, 0.25) is 0 Å². The van der Waals surface area contributed by atoms with Gasteiger partial charge in [-0.25, -0.2) is 0 Å². The van der Waals surface area contributed by atoms with Crippen molar-refractivity contribution in [3.05, 3.63) is 17.7 Å². The molecule has 5 nitrogen and oxygen atoms in total. The minimum atomic E-state index is -0.0564. The van der Waals surface area contributed by atoms with Crippen LogP contribution in [0.15, 0.2) is 12.1 Å². The predicted molar refractivity (Wildman–Crippen MR) is 62.0 cm³/mol. The highest BCUT2D eigenvalue weighted by Gasteiger charge is 2.13. The minimum absolute atomic E-state index is 0.0564.